The second kappa shape index (κ2) is 5.08. The molecule has 104 valence electrons. The number of halogens is 2. The molecule has 1 N–H and O–H groups in total. The van der Waals surface area contributed by atoms with Crippen LogP contribution in [0.3, 0.4) is 0 Å². The van der Waals surface area contributed by atoms with E-state index in [0.717, 1.165) is 19.3 Å². The van der Waals surface area contributed by atoms with Crippen LogP contribution < -0.4 is 5.32 Å². The van der Waals surface area contributed by atoms with E-state index >= 15 is 0 Å². The minimum atomic E-state index is -0.975. The predicted molar refractivity (Wildman–Crippen MR) is 65.1 cm³/mol. The van der Waals surface area contributed by atoms with Gasteiger partial charge in [0.05, 0.1) is 22.7 Å². The molecule has 0 aliphatic heterocycles. The van der Waals surface area contributed by atoms with Crippen LogP contribution in [0.25, 0.3) is 0 Å². The smallest absolute Gasteiger partial charge is 0.275 e. The summed E-state index contributed by atoms with van der Waals surface area (Å²) in [6.45, 7) is 0.273. The van der Waals surface area contributed by atoms with Crippen LogP contribution in [0.2, 0.25) is 0 Å². The second-order valence-corrected chi connectivity index (χ2v) is 4.64. The molecule has 0 heterocycles. The molecular formula is C12H14F2N2O3. The molecule has 1 aliphatic carbocycles. The molecule has 1 aromatic rings. The highest BCUT2D eigenvalue weighted by Gasteiger charge is 2.37. The number of nitrogens with one attached hydrogen (secondary N) is 1. The maximum Gasteiger partial charge on any atom is 0.275 e. The van der Waals surface area contributed by atoms with Crippen LogP contribution >= 0.6 is 0 Å². The molecule has 1 aromatic carbocycles. The first kappa shape index (κ1) is 13.7. The summed E-state index contributed by atoms with van der Waals surface area (Å²) in [5.74, 6) is -1.95. The first-order chi connectivity index (χ1) is 8.97. The third-order valence-corrected chi connectivity index (χ3v) is 3.52. The predicted octanol–water partition coefficient (Wildman–Crippen LogP) is 2.85. The van der Waals surface area contributed by atoms with Crippen LogP contribution in [0.5, 0.6) is 0 Å². The number of methoxy groups -OCH3 is 1. The van der Waals surface area contributed by atoms with Crippen molar-refractivity contribution in [2.45, 2.75) is 24.9 Å². The number of rotatable bonds is 5. The highest BCUT2D eigenvalue weighted by Crippen LogP contribution is 2.35. The Hall–Kier alpha value is -1.76. The maximum atomic E-state index is 13.6. The van der Waals surface area contributed by atoms with Crippen molar-refractivity contribution in [2.75, 3.05) is 19.0 Å². The maximum absolute atomic E-state index is 13.6. The lowest BCUT2D eigenvalue weighted by atomic mass is 9.80. The lowest BCUT2D eigenvalue weighted by Crippen LogP contribution is -2.45. The molecule has 5 nitrogen and oxygen atoms in total. The number of ether oxygens (including phenoxy) is 1. The molecule has 7 heteroatoms. The van der Waals surface area contributed by atoms with Gasteiger partial charge in [-0.1, -0.05) is 0 Å². The van der Waals surface area contributed by atoms with Crippen LogP contribution in [0.15, 0.2) is 12.1 Å². The van der Waals surface area contributed by atoms with Gasteiger partial charge in [-0.3, -0.25) is 10.1 Å². The van der Waals surface area contributed by atoms with E-state index < -0.39 is 22.2 Å². The zero-order chi connectivity index (χ0) is 14.0. The van der Waals surface area contributed by atoms with Crippen LogP contribution in [0.4, 0.5) is 20.2 Å². The molecule has 1 fully saturated rings. The van der Waals surface area contributed by atoms with E-state index in [0.29, 0.717) is 12.1 Å². The summed E-state index contributed by atoms with van der Waals surface area (Å²) in [6.07, 6.45) is 2.67. The SMILES string of the molecule is COC1(CNc2c(F)cc([N+](=O)[O-])cc2F)CCC1. The third kappa shape index (κ3) is 2.65. The molecule has 0 bridgehead atoms. The summed E-state index contributed by atoms with van der Waals surface area (Å²) >= 11 is 0. The van der Waals surface area contributed by atoms with Crippen molar-refractivity contribution in [3.8, 4) is 0 Å². The van der Waals surface area contributed by atoms with Gasteiger partial charge in [0.25, 0.3) is 5.69 Å². The van der Waals surface area contributed by atoms with E-state index in [1.165, 1.54) is 0 Å². The Morgan fingerprint density at radius 2 is 2.00 bits per heavy atom. The molecular weight excluding hydrogens is 258 g/mol. The fourth-order valence-corrected chi connectivity index (χ4v) is 2.11. The Labute approximate surface area is 108 Å². The Morgan fingerprint density at radius 3 is 2.37 bits per heavy atom. The van der Waals surface area contributed by atoms with E-state index in [9.17, 15) is 18.9 Å². The van der Waals surface area contributed by atoms with Crippen LogP contribution in [-0.2, 0) is 4.74 Å². The van der Waals surface area contributed by atoms with Crippen molar-refractivity contribution < 1.29 is 18.4 Å². The molecule has 1 aliphatic rings. The minimum absolute atomic E-state index is 0.273. The average molecular weight is 272 g/mol. The summed E-state index contributed by atoms with van der Waals surface area (Å²) in [4.78, 5) is 9.63. The fourth-order valence-electron chi connectivity index (χ4n) is 2.11. The summed E-state index contributed by atoms with van der Waals surface area (Å²) in [5.41, 5.74) is -1.35. The number of hydrogen-bond acceptors (Lipinski definition) is 4. The van der Waals surface area contributed by atoms with E-state index in [4.69, 9.17) is 4.74 Å². The van der Waals surface area contributed by atoms with E-state index in [2.05, 4.69) is 5.32 Å². The van der Waals surface area contributed by atoms with Crippen molar-refractivity contribution in [3.63, 3.8) is 0 Å². The topological polar surface area (TPSA) is 64.4 Å². The number of benzene rings is 1. The quantitative estimate of drug-likeness (QED) is 0.661. The first-order valence-corrected chi connectivity index (χ1v) is 5.90. The zero-order valence-electron chi connectivity index (χ0n) is 10.4. The molecule has 0 radical (unpaired) electrons. The number of anilines is 1. The standard InChI is InChI=1S/C12H14F2N2O3/c1-19-12(3-2-4-12)7-15-11-9(13)5-8(16(17)18)6-10(11)14/h5-6,15H,2-4,7H2,1H3. The number of nitrogens with zero attached hydrogens (tertiary/aromatic N) is 1. The Kier molecular flexibility index (Phi) is 3.66. The number of hydrogen-bond donors (Lipinski definition) is 1. The van der Waals surface area contributed by atoms with Gasteiger partial charge >= 0.3 is 0 Å². The largest absolute Gasteiger partial charge is 0.377 e. The van der Waals surface area contributed by atoms with Crippen LogP contribution in [0, 0.1) is 21.7 Å². The highest BCUT2D eigenvalue weighted by atomic mass is 19.1. The van der Waals surface area contributed by atoms with Gasteiger partial charge in [-0.2, -0.15) is 0 Å². The molecule has 0 aromatic heterocycles. The van der Waals surface area contributed by atoms with E-state index in [-0.39, 0.29) is 17.8 Å². The lowest BCUT2D eigenvalue weighted by molar-refractivity contribution is -0.385. The van der Waals surface area contributed by atoms with Gasteiger partial charge in [-0.25, -0.2) is 8.78 Å². The number of nitro groups is 1. The molecule has 0 atom stereocenters. The monoisotopic (exact) mass is 272 g/mol. The Bertz CT molecular complexity index is 475. The molecule has 0 saturated heterocycles. The van der Waals surface area contributed by atoms with Crippen molar-refractivity contribution in [3.05, 3.63) is 33.9 Å². The van der Waals surface area contributed by atoms with Gasteiger partial charge in [0.2, 0.25) is 0 Å². The Balaban J connectivity index is 2.14. The van der Waals surface area contributed by atoms with E-state index in [1.807, 2.05) is 0 Å². The average Bonchev–Trinajstić information content (AvgIpc) is 2.30. The van der Waals surface area contributed by atoms with Gasteiger partial charge in [0.1, 0.15) is 5.69 Å². The normalized spacial score (nSPS) is 16.8. The summed E-state index contributed by atoms with van der Waals surface area (Å²) in [5, 5.41) is 13.1. The Morgan fingerprint density at radius 1 is 1.42 bits per heavy atom. The first-order valence-electron chi connectivity index (χ1n) is 5.90. The van der Waals surface area contributed by atoms with Gasteiger partial charge in [-0.15, -0.1) is 0 Å². The number of non-ortho nitro benzene ring substituents is 1. The minimum Gasteiger partial charge on any atom is -0.377 e. The van der Waals surface area contributed by atoms with Crippen LogP contribution in [0.1, 0.15) is 19.3 Å². The van der Waals surface area contributed by atoms with Crippen molar-refractivity contribution in [2.24, 2.45) is 0 Å². The van der Waals surface area contributed by atoms with Gasteiger partial charge in [0, 0.05) is 13.7 Å². The molecule has 1 saturated carbocycles. The van der Waals surface area contributed by atoms with Crippen LogP contribution in [-0.4, -0.2) is 24.2 Å². The van der Waals surface area contributed by atoms with E-state index in [1.54, 1.807) is 7.11 Å². The molecule has 19 heavy (non-hydrogen) atoms. The third-order valence-electron chi connectivity index (χ3n) is 3.52. The molecule has 0 unspecified atom stereocenters. The number of nitro benzene ring substituents is 1. The van der Waals surface area contributed by atoms with Crippen molar-refractivity contribution in [1.29, 1.82) is 0 Å². The second-order valence-electron chi connectivity index (χ2n) is 4.64. The van der Waals surface area contributed by atoms with Crippen molar-refractivity contribution >= 4 is 11.4 Å². The summed E-state index contributed by atoms with van der Waals surface area (Å²) < 4.78 is 32.6. The highest BCUT2D eigenvalue weighted by molar-refractivity contribution is 5.52. The fraction of sp³-hybridized carbons (Fsp3) is 0.500. The van der Waals surface area contributed by atoms with Gasteiger partial charge < -0.3 is 10.1 Å². The summed E-state index contributed by atoms with van der Waals surface area (Å²) in [6, 6.07) is 1.40. The van der Waals surface area contributed by atoms with Gasteiger partial charge in [-0.05, 0) is 19.3 Å². The summed E-state index contributed by atoms with van der Waals surface area (Å²) in [7, 11) is 1.56. The van der Waals surface area contributed by atoms with Gasteiger partial charge in [0.15, 0.2) is 11.6 Å². The van der Waals surface area contributed by atoms with Crippen molar-refractivity contribution in [1.82, 2.24) is 0 Å². The molecule has 0 amide bonds. The molecule has 0 spiro atoms. The lowest BCUT2D eigenvalue weighted by Gasteiger charge is -2.40. The zero-order valence-corrected chi connectivity index (χ0v) is 10.4. The molecule has 2 rings (SSSR count).